The van der Waals surface area contributed by atoms with Crippen LogP contribution in [0, 0.1) is 0 Å². The Hall–Kier alpha value is -3.20. The van der Waals surface area contributed by atoms with Gasteiger partial charge in [0.1, 0.15) is 29.8 Å². The van der Waals surface area contributed by atoms with Gasteiger partial charge in [-0.15, -0.1) is 0 Å². The fourth-order valence-corrected chi connectivity index (χ4v) is 5.49. The fraction of sp³-hybridized carbons (Fsp3) is 0.538. The van der Waals surface area contributed by atoms with E-state index < -0.39 is 68.2 Å². The van der Waals surface area contributed by atoms with Crippen molar-refractivity contribution < 1.29 is 42.2 Å². The number of alkyl halides is 1. The zero-order valence-corrected chi connectivity index (χ0v) is 25.1. The molecule has 3 rings (SSSR count). The Balaban J connectivity index is 1.77. The second-order valence-corrected chi connectivity index (χ2v) is 12.1. The van der Waals surface area contributed by atoms with Crippen LogP contribution in [0.25, 0.3) is 0 Å². The van der Waals surface area contributed by atoms with Gasteiger partial charge < -0.3 is 29.3 Å². The fourth-order valence-electron chi connectivity index (χ4n) is 3.99. The second kappa shape index (κ2) is 13.8. The van der Waals surface area contributed by atoms with E-state index in [0.29, 0.717) is 0 Å². The molecule has 1 unspecified atom stereocenters. The largest absolute Gasteiger partial charge is 0.462 e. The van der Waals surface area contributed by atoms with E-state index in [1.165, 1.54) is 31.3 Å². The summed E-state index contributed by atoms with van der Waals surface area (Å²) in [5.74, 6) is -1.02. The monoisotopic (exact) mass is 613 g/mol. The van der Waals surface area contributed by atoms with Gasteiger partial charge in [0.15, 0.2) is 11.9 Å². The molecule has 0 bridgehead atoms. The molecule has 1 aromatic carbocycles. The van der Waals surface area contributed by atoms with Crippen molar-refractivity contribution in [2.45, 2.75) is 63.9 Å². The molecule has 2 aromatic rings. The number of likely N-dealkylation sites (N-methyl/N-ethyl adjacent to an activating group) is 1. The standard InChI is InChI=1S/C26H37FN5O9P/c1-16(2)39-23(35)17(3)30-42(37,41-18-10-8-7-9-11-18)38-15-19-22(34)26(4,27)24(40-19)32-13-12-20(29-25(32)36)28-21(33)14-31(5)6/h7-13,16-17,19,22,24,34H,14-15H2,1-6H3,(H,30,37)(H,28,29,33,36)/t17-,19+,22+,24+,26+,42?/m0/s1. The Morgan fingerprint density at radius 2 is 1.90 bits per heavy atom. The number of carbonyl (C=O) groups excluding carboxylic acids is 2. The number of anilines is 1. The first-order chi connectivity index (χ1) is 19.6. The van der Waals surface area contributed by atoms with Gasteiger partial charge in [-0.05, 0) is 60.0 Å². The van der Waals surface area contributed by atoms with Gasteiger partial charge in [0.05, 0.1) is 19.3 Å². The van der Waals surface area contributed by atoms with Gasteiger partial charge in [0, 0.05) is 6.20 Å². The Bertz CT molecular complexity index is 1340. The molecule has 0 aliphatic carbocycles. The maximum absolute atomic E-state index is 15.8. The molecule has 2 heterocycles. The first-order valence-electron chi connectivity index (χ1n) is 13.1. The van der Waals surface area contributed by atoms with E-state index in [9.17, 15) is 24.1 Å². The van der Waals surface area contributed by atoms with Crippen molar-refractivity contribution in [3.63, 3.8) is 0 Å². The SMILES string of the molecule is CC(C)OC(=O)[C@H](C)NP(=O)(OC[C@H]1O[C@@H](n2ccc(NC(=O)CN(C)C)nc2=O)[C@](C)(F)[C@@H]1O)Oc1ccccc1. The Morgan fingerprint density at radius 3 is 2.50 bits per heavy atom. The van der Waals surface area contributed by atoms with Crippen molar-refractivity contribution in [3.05, 3.63) is 53.1 Å². The molecular formula is C26H37FN5O9P. The molecule has 1 aromatic heterocycles. The molecule has 0 radical (unpaired) electrons. The van der Waals surface area contributed by atoms with E-state index in [-0.39, 0.29) is 18.1 Å². The van der Waals surface area contributed by atoms with E-state index in [2.05, 4.69) is 15.4 Å². The minimum atomic E-state index is -4.34. The summed E-state index contributed by atoms with van der Waals surface area (Å²) in [6, 6.07) is 8.15. The number of aliphatic hydroxyl groups is 1. The highest BCUT2D eigenvalue weighted by molar-refractivity contribution is 7.52. The number of benzene rings is 1. The Labute approximate surface area is 242 Å². The molecular weight excluding hydrogens is 576 g/mol. The Morgan fingerprint density at radius 1 is 1.24 bits per heavy atom. The first-order valence-corrected chi connectivity index (χ1v) is 14.7. The summed E-state index contributed by atoms with van der Waals surface area (Å²) < 4.78 is 52.2. The van der Waals surface area contributed by atoms with Crippen LogP contribution in [-0.2, 0) is 28.2 Å². The summed E-state index contributed by atoms with van der Waals surface area (Å²) in [4.78, 5) is 42.4. The lowest BCUT2D eigenvalue weighted by Crippen LogP contribution is -2.43. The topological polar surface area (TPSA) is 171 Å². The van der Waals surface area contributed by atoms with Crippen molar-refractivity contribution in [3.8, 4) is 5.75 Å². The minimum Gasteiger partial charge on any atom is -0.462 e. The Kier molecular flexibility index (Phi) is 11.0. The van der Waals surface area contributed by atoms with Crippen LogP contribution in [0.4, 0.5) is 10.2 Å². The second-order valence-electron chi connectivity index (χ2n) is 10.4. The highest BCUT2D eigenvalue weighted by atomic mass is 31.2. The molecule has 1 amide bonds. The van der Waals surface area contributed by atoms with Crippen LogP contribution in [0.2, 0.25) is 0 Å². The molecule has 0 spiro atoms. The summed E-state index contributed by atoms with van der Waals surface area (Å²) in [6.45, 7) is 5.14. The van der Waals surface area contributed by atoms with Gasteiger partial charge in [0.25, 0.3) is 0 Å². The average molecular weight is 614 g/mol. The lowest BCUT2D eigenvalue weighted by molar-refractivity contribution is -0.149. The van der Waals surface area contributed by atoms with Gasteiger partial charge in [-0.25, -0.2) is 13.8 Å². The van der Waals surface area contributed by atoms with Gasteiger partial charge in [-0.2, -0.15) is 10.1 Å². The summed E-state index contributed by atoms with van der Waals surface area (Å²) in [7, 11) is -0.947. The molecule has 1 fully saturated rings. The molecule has 16 heteroatoms. The maximum atomic E-state index is 15.8. The summed E-state index contributed by atoms with van der Waals surface area (Å²) >= 11 is 0. The quantitative estimate of drug-likeness (QED) is 0.222. The number of amides is 1. The number of hydrogen-bond acceptors (Lipinski definition) is 11. The van der Waals surface area contributed by atoms with E-state index >= 15 is 4.39 Å². The normalized spacial score (nSPS) is 24.3. The predicted octanol–water partition coefficient (Wildman–Crippen LogP) is 1.86. The number of aromatic nitrogens is 2. The van der Waals surface area contributed by atoms with Crippen LogP contribution in [-0.4, -0.2) is 88.7 Å². The number of halogens is 1. The predicted molar refractivity (Wildman–Crippen MR) is 150 cm³/mol. The molecule has 6 atom stereocenters. The van der Waals surface area contributed by atoms with Gasteiger partial charge in [-0.1, -0.05) is 18.2 Å². The van der Waals surface area contributed by atoms with Crippen molar-refractivity contribution in [1.82, 2.24) is 19.5 Å². The number of aliphatic hydroxyl groups excluding tert-OH is 1. The van der Waals surface area contributed by atoms with Crippen molar-refractivity contribution in [2.75, 3.05) is 32.6 Å². The zero-order valence-electron chi connectivity index (χ0n) is 24.2. The molecule has 1 saturated heterocycles. The van der Waals surface area contributed by atoms with Crippen molar-refractivity contribution in [2.24, 2.45) is 0 Å². The van der Waals surface area contributed by atoms with Gasteiger partial charge >= 0.3 is 19.4 Å². The van der Waals surface area contributed by atoms with Gasteiger partial charge in [0.2, 0.25) is 5.91 Å². The number of para-hydroxylation sites is 1. The number of ether oxygens (including phenoxy) is 2. The number of nitrogens with zero attached hydrogens (tertiary/aromatic N) is 3. The van der Waals surface area contributed by atoms with Crippen LogP contribution in [0.15, 0.2) is 47.4 Å². The molecule has 1 aliphatic heterocycles. The molecule has 0 saturated carbocycles. The average Bonchev–Trinajstić information content (AvgIpc) is 3.10. The summed E-state index contributed by atoms with van der Waals surface area (Å²) in [5, 5.41) is 15.7. The van der Waals surface area contributed by atoms with E-state index in [4.69, 9.17) is 18.5 Å². The lowest BCUT2D eigenvalue weighted by Gasteiger charge is -2.25. The summed E-state index contributed by atoms with van der Waals surface area (Å²) in [6.07, 6.45) is -4.15. The molecule has 1 aliphatic rings. The third-order valence-electron chi connectivity index (χ3n) is 5.96. The summed E-state index contributed by atoms with van der Waals surface area (Å²) in [5.41, 5.74) is -3.46. The smallest absolute Gasteiger partial charge is 0.459 e. The van der Waals surface area contributed by atoms with Crippen LogP contribution >= 0.6 is 7.75 Å². The third kappa shape index (κ3) is 8.66. The van der Waals surface area contributed by atoms with Crippen LogP contribution in [0.3, 0.4) is 0 Å². The van der Waals surface area contributed by atoms with Gasteiger partial charge in [-0.3, -0.25) is 18.7 Å². The number of hydrogen-bond donors (Lipinski definition) is 3. The number of carbonyl (C=O) groups is 2. The molecule has 3 N–H and O–H groups in total. The van der Waals surface area contributed by atoms with Crippen molar-refractivity contribution >= 4 is 25.4 Å². The van der Waals surface area contributed by atoms with E-state index in [1.807, 2.05) is 0 Å². The number of nitrogens with one attached hydrogen (secondary N) is 2. The minimum absolute atomic E-state index is 0.0442. The van der Waals surface area contributed by atoms with Crippen LogP contribution in [0.5, 0.6) is 5.75 Å². The number of esters is 1. The van der Waals surface area contributed by atoms with Crippen molar-refractivity contribution in [1.29, 1.82) is 0 Å². The maximum Gasteiger partial charge on any atom is 0.459 e. The molecule has 14 nitrogen and oxygen atoms in total. The van der Waals surface area contributed by atoms with Crippen LogP contribution in [0.1, 0.15) is 33.9 Å². The molecule has 42 heavy (non-hydrogen) atoms. The molecule has 232 valence electrons. The highest BCUT2D eigenvalue weighted by Crippen LogP contribution is 2.47. The third-order valence-corrected chi connectivity index (χ3v) is 7.61. The number of rotatable bonds is 13. The lowest BCUT2D eigenvalue weighted by atomic mass is 9.98. The first kappa shape index (κ1) is 33.3. The van der Waals surface area contributed by atoms with E-state index in [1.54, 1.807) is 51.0 Å². The zero-order chi connectivity index (χ0) is 31.2. The van der Waals surface area contributed by atoms with Crippen LogP contribution < -0.4 is 20.6 Å². The van der Waals surface area contributed by atoms with E-state index in [0.717, 1.165) is 11.5 Å². The highest BCUT2D eigenvalue weighted by Gasteiger charge is 2.56.